The maximum absolute atomic E-state index is 12.3. The summed E-state index contributed by atoms with van der Waals surface area (Å²) >= 11 is 0. The summed E-state index contributed by atoms with van der Waals surface area (Å²) in [6, 6.07) is 9.74. The number of aromatic nitrogens is 2. The van der Waals surface area contributed by atoms with Crippen LogP contribution in [0.15, 0.2) is 41.5 Å². The Morgan fingerprint density at radius 3 is 2.82 bits per heavy atom. The van der Waals surface area contributed by atoms with Crippen molar-refractivity contribution in [3.63, 3.8) is 0 Å². The van der Waals surface area contributed by atoms with Crippen LogP contribution in [-0.4, -0.2) is 40.5 Å². The standard InChI is InChI=1S/C21H29N5O2/c1-26(18-8-3-2-4-9-18)14-16-7-5-6-10-19(16)25-21(28)22-12-11-17-13-20(27)24-15-23-17/h5-7,10,13,15,18H,2-4,8-9,11-12,14H2,1H3,(H2,22,25,28)(H,23,24,27). The van der Waals surface area contributed by atoms with Gasteiger partial charge in [0.1, 0.15) is 0 Å². The smallest absolute Gasteiger partial charge is 0.319 e. The zero-order valence-electron chi connectivity index (χ0n) is 16.4. The van der Waals surface area contributed by atoms with Gasteiger partial charge in [-0.2, -0.15) is 0 Å². The van der Waals surface area contributed by atoms with Gasteiger partial charge in [0.05, 0.1) is 6.33 Å². The SMILES string of the molecule is CN(Cc1ccccc1NC(=O)NCCc1cc(=O)[nH]cn1)C1CCCCC1. The van der Waals surface area contributed by atoms with E-state index in [-0.39, 0.29) is 11.6 Å². The van der Waals surface area contributed by atoms with Gasteiger partial charge in [0.25, 0.3) is 5.56 Å². The van der Waals surface area contributed by atoms with E-state index in [1.165, 1.54) is 44.5 Å². The Morgan fingerprint density at radius 1 is 1.25 bits per heavy atom. The van der Waals surface area contributed by atoms with Gasteiger partial charge in [-0.15, -0.1) is 0 Å². The van der Waals surface area contributed by atoms with Gasteiger partial charge in [-0.05, 0) is 31.5 Å². The summed E-state index contributed by atoms with van der Waals surface area (Å²) in [5, 5.41) is 5.78. The van der Waals surface area contributed by atoms with Crippen LogP contribution in [0.3, 0.4) is 0 Å². The number of carbonyl (C=O) groups is 1. The van der Waals surface area contributed by atoms with Crippen LogP contribution in [0.4, 0.5) is 10.5 Å². The van der Waals surface area contributed by atoms with Crippen LogP contribution in [0.1, 0.15) is 43.4 Å². The molecule has 2 aromatic rings. The second-order valence-corrected chi connectivity index (χ2v) is 7.40. The Kier molecular flexibility index (Phi) is 7.19. The van der Waals surface area contributed by atoms with Crippen molar-refractivity contribution in [3.05, 3.63) is 58.3 Å². The number of benzene rings is 1. The van der Waals surface area contributed by atoms with Crippen molar-refractivity contribution in [2.24, 2.45) is 0 Å². The molecule has 0 bridgehead atoms. The number of nitrogens with zero attached hydrogens (tertiary/aromatic N) is 2. The van der Waals surface area contributed by atoms with E-state index in [0.717, 1.165) is 17.8 Å². The number of aromatic amines is 1. The molecule has 1 aliphatic rings. The zero-order chi connectivity index (χ0) is 19.8. The van der Waals surface area contributed by atoms with Crippen molar-refractivity contribution in [2.45, 2.75) is 51.1 Å². The van der Waals surface area contributed by atoms with E-state index in [2.05, 4.69) is 38.6 Å². The summed E-state index contributed by atoms with van der Waals surface area (Å²) in [4.78, 5) is 32.5. The number of hydrogen-bond acceptors (Lipinski definition) is 4. The van der Waals surface area contributed by atoms with Crippen LogP contribution < -0.4 is 16.2 Å². The predicted octanol–water partition coefficient (Wildman–Crippen LogP) is 2.90. The lowest BCUT2D eigenvalue weighted by Crippen LogP contribution is -2.34. The van der Waals surface area contributed by atoms with Crippen molar-refractivity contribution < 1.29 is 4.79 Å². The summed E-state index contributed by atoms with van der Waals surface area (Å²) < 4.78 is 0. The van der Waals surface area contributed by atoms with Gasteiger partial charge in [0.15, 0.2) is 0 Å². The fourth-order valence-electron chi connectivity index (χ4n) is 3.72. The molecule has 0 atom stereocenters. The van der Waals surface area contributed by atoms with Crippen LogP contribution in [0.25, 0.3) is 0 Å². The zero-order valence-corrected chi connectivity index (χ0v) is 16.4. The van der Waals surface area contributed by atoms with Gasteiger partial charge in [0.2, 0.25) is 0 Å². The molecule has 1 aromatic carbocycles. The van der Waals surface area contributed by atoms with E-state index in [4.69, 9.17) is 0 Å². The summed E-state index contributed by atoms with van der Waals surface area (Å²) in [6.07, 6.45) is 8.33. The fourth-order valence-corrected chi connectivity index (χ4v) is 3.72. The van der Waals surface area contributed by atoms with E-state index < -0.39 is 0 Å². The van der Waals surface area contributed by atoms with Crippen molar-refractivity contribution in [3.8, 4) is 0 Å². The van der Waals surface area contributed by atoms with Crippen LogP contribution >= 0.6 is 0 Å². The first-order valence-corrected chi connectivity index (χ1v) is 9.98. The van der Waals surface area contributed by atoms with Gasteiger partial charge < -0.3 is 15.6 Å². The molecule has 0 unspecified atom stereocenters. The molecule has 0 radical (unpaired) electrons. The molecule has 3 N–H and O–H groups in total. The van der Waals surface area contributed by atoms with E-state index in [9.17, 15) is 9.59 Å². The third-order valence-electron chi connectivity index (χ3n) is 5.28. The Bertz CT molecular complexity index is 829. The molecular formula is C21H29N5O2. The first kappa shape index (κ1) is 20.1. The lowest BCUT2D eigenvalue weighted by Gasteiger charge is -2.31. The Balaban J connectivity index is 1.52. The fraction of sp³-hybridized carbons (Fsp3) is 0.476. The lowest BCUT2D eigenvalue weighted by atomic mass is 9.94. The van der Waals surface area contributed by atoms with Crippen molar-refractivity contribution in [1.29, 1.82) is 0 Å². The highest BCUT2D eigenvalue weighted by molar-refractivity contribution is 5.90. The number of H-pyrrole nitrogens is 1. The maximum Gasteiger partial charge on any atom is 0.319 e. The predicted molar refractivity (Wildman–Crippen MR) is 110 cm³/mol. The highest BCUT2D eigenvalue weighted by atomic mass is 16.2. The van der Waals surface area contributed by atoms with Gasteiger partial charge in [-0.3, -0.25) is 9.69 Å². The van der Waals surface area contributed by atoms with Crippen LogP contribution in [0.2, 0.25) is 0 Å². The molecule has 1 heterocycles. The highest BCUT2D eigenvalue weighted by Crippen LogP contribution is 2.24. The van der Waals surface area contributed by atoms with Crippen LogP contribution in [-0.2, 0) is 13.0 Å². The molecule has 7 heteroatoms. The molecule has 0 saturated heterocycles. The second kappa shape index (κ2) is 10.0. The number of amides is 2. The summed E-state index contributed by atoms with van der Waals surface area (Å²) in [6.45, 7) is 1.23. The normalized spacial score (nSPS) is 14.8. The quantitative estimate of drug-likeness (QED) is 0.686. The molecule has 7 nitrogen and oxygen atoms in total. The van der Waals surface area contributed by atoms with E-state index in [1.807, 2.05) is 18.2 Å². The number of carbonyl (C=O) groups excluding carboxylic acids is 1. The number of rotatable bonds is 7. The lowest BCUT2D eigenvalue weighted by molar-refractivity contribution is 0.185. The van der Waals surface area contributed by atoms with Crippen molar-refractivity contribution in [2.75, 3.05) is 18.9 Å². The minimum Gasteiger partial charge on any atom is -0.337 e. The molecular weight excluding hydrogens is 354 g/mol. The molecule has 1 fully saturated rings. The van der Waals surface area contributed by atoms with Gasteiger partial charge >= 0.3 is 6.03 Å². The maximum atomic E-state index is 12.3. The number of urea groups is 1. The van der Waals surface area contributed by atoms with E-state index >= 15 is 0 Å². The molecule has 1 saturated carbocycles. The van der Waals surface area contributed by atoms with E-state index in [0.29, 0.717) is 24.7 Å². The number of hydrogen-bond donors (Lipinski definition) is 3. The molecule has 28 heavy (non-hydrogen) atoms. The summed E-state index contributed by atoms with van der Waals surface area (Å²) in [5.74, 6) is 0. The molecule has 2 amide bonds. The average molecular weight is 383 g/mol. The first-order valence-electron chi connectivity index (χ1n) is 9.98. The Morgan fingerprint density at radius 2 is 2.04 bits per heavy atom. The number of anilines is 1. The molecule has 0 aliphatic heterocycles. The first-order chi connectivity index (χ1) is 13.6. The molecule has 0 spiro atoms. The Labute approximate surface area is 165 Å². The average Bonchev–Trinajstić information content (AvgIpc) is 2.70. The van der Waals surface area contributed by atoms with Gasteiger partial charge in [-0.25, -0.2) is 9.78 Å². The topological polar surface area (TPSA) is 90.1 Å². The molecule has 1 aliphatic carbocycles. The summed E-state index contributed by atoms with van der Waals surface area (Å²) in [5.41, 5.74) is 2.41. The third kappa shape index (κ3) is 5.92. The van der Waals surface area contributed by atoms with Crippen LogP contribution in [0.5, 0.6) is 0 Å². The van der Waals surface area contributed by atoms with Gasteiger partial charge in [-0.1, -0.05) is 37.5 Å². The minimum atomic E-state index is -0.252. The molecule has 150 valence electrons. The second-order valence-electron chi connectivity index (χ2n) is 7.40. The van der Waals surface area contributed by atoms with Crippen LogP contribution in [0, 0.1) is 0 Å². The number of nitrogens with one attached hydrogen (secondary N) is 3. The summed E-state index contributed by atoms with van der Waals surface area (Å²) in [7, 11) is 2.17. The molecule has 1 aromatic heterocycles. The van der Waals surface area contributed by atoms with E-state index in [1.54, 1.807) is 0 Å². The number of para-hydroxylation sites is 1. The molecule has 3 rings (SSSR count). The van der Waals surface area contributed by atoms with Crippen molar-refractivity contribution in [1.82, 2.24) is 20.2 Å². The third-order valence-corrected chi connectivity index (χ3v) is 5.28. The Hall–Kier alpha value is -2.67. The minimum absolute atomic E-state index is 0.189. The monoisotopic (exact) mass is 383 g/mol. The van der Waals surface area contributed by atoms with Gasteiger partial charge in [0, 0.05) is 43.0 Å². The van der Waals surface area contributed by atoms with Crippen molar-refractivity contribution >= 4 is 11.7 Å². The highest BCUT2D eigenvalue weighted by Gasteiger charge is 2.19. The largest absolute Gasteiger partial charge is 0.337 e.